The van der Waals surface area contributed by atoms with Crippen LogP contribution in [0.25, 0.3) is 12.2 Å². The Morgan fingerprint density at radius 1 is 0.614 bits per heavy atom. The van der Waals surface area contributed by atoms with E-state index in [1.54, 1.807) is 60.7 Å². The zero-order valence-electron chi connectivity index (χ0n) is 31.1. The van der Waals surface area contributed by atoms with Gasteiger partial charge in [-0.1, -0.05) is 61.2 Å². The van der Waals surface area contributed by atoms with E-state index < -0.39 is 48.3 Å². The van der Waals surface area contributed by atoms with Gasteiger partial charge in [0, 0.05) is 18.2 Å². The molecule has 4 aromatic carbocycles. The number of fused-ring (bicyclic) bond motifs is 1. The first kappa shape index (κ1) is 40.2. The van der Waals surface area contributed by atoms with Crippen molar-refractivity contribution in [3.63, 3.8) is 0 Å². The summed E-state index contributed by atoms with van der Waals surface area (Å²) in [6.07, 6.45) is 5.87. The molecule has 0 saturated carbocycles. The van der Waals surface area contributed by atoms with Crippen molar-refractivity contribution >= 4 is 36.0 Å². The highest BCUT2D eigenvalue weighted by atomic mass is 16.7. The molecule has 294 valence electrons. The standard InChI is InChI=1S/C45H42O12/c1-2-40(46)51-27-7-6-26-50-35-22-16-34(17-23-35)45(49)55-37-20-12-32(13-21-37)15-25-42(48)57-39-30-54-43-38(29-53-44(39)43)56-41(47)24-14-31-10-18-36(19-11-31)52-28-33-8-4-3-5-9-33/h2-5,8-25,38-39,43-44H,1,6-7,26-30H2/b24-14+,25-15+/t38-,39+,43?,44?/m1/s1. The van der Waals surface area contributed by atoms with Crippen LogP contribution in [0.3, 0.4) is 0 Å². The third kappa shape index (κ3) is 12.2. The molecule has 12 nitrogen and oxygen atoms in total. The third-order valence-electron chi connectivity index (χ3n) is 8.85. The number of ether oxygens (including phenoxy) is 8. The zero-order chi connectivity index (χ0) is 39.8. The Hall–Kier alpha value is -6.50. The fourth-order valence-electron chi connectivity index (χ4n) is 5.88. The van der Waals surface area contributed by atoms with Crippen LogP contribution in [0, 0.1) is 0 Å². The lowest BCUT2D eigenvalue weighted by atomic mass is 10.1. The van der Waals surface area contributed by atoms with E-state index in [2.05, 4.69) is 6.58 Å². The maximum Gasteiger partial charge on any atom is 0.343 e. The van der Waals surface area contributed by atoms with Crippen molar-refractivity contribution in [2.45, 2.75) is 43.9 Å². The van der Waals surface area contributed by atoms with Crippen LogP contribution in [0.4, 0.5) is 0 Å². The summed E-state index contributed by atoms with van der Waals surface area (Å²) in [7, 11) is 0. The SMILES string of the molecule is C=CC(=O)OCCCCOc1ccc(C(=O)Oc2ccc(/C=C/C(=O)O[C@H]3COC4C3OC[C@H]4OC(=O)/C=C/c3ccc(OCc4ccccc4)cc3)cc2)cc1. The van der Waals surface area contributed by atoms with Crippen LogP contribution in [-0.2, 0) is 44.7 Å². The quantitative estimate of drug-likeness (QED) is 0.0348. The molecule has 2 fully saturated rings. The topological polar surface area (TPSA) is 142 Å². The summed E-state index contributed by atoms with van der Waals surface area (Å²) < 4.78 is 44.7. The minimum absolute atomic E-state index is 0.101. The molecule has 57 heavy (non-hydrogen) atoms. The van der Waals surface area contributed by atoms with E-state index >= 15 is 0 Å². The van der Waals surface area contributed by atoms with Crippen LogP contribution in [0.5, 0.6) is 17.2 Å². The molecular weight excluding hydrogens is 732 g/mol. The van der Waals surface area contributed by atoms with Gasteiger partial charge < -0.3 is 37.9 Å². The van der Waals surface area contributed by atoms with Crippen LogP contribution in [-0.4, -0.2) is 74.7 Å². The van der Waals surface area contributed by atoms with E-state index in [4.69, 9.17) is 37.9 Å². The van der Waals surface area contributed by atoms with Gasteiger partial charge in [-0.2, -0.15) is 0 Å². The second kappa shape index (κ2) is 20.4. The average Bonchev–Trinajstić information content (AvgIpc) is 3.83. The third-order valence-corrected chi connectivity index (χ3v) is 8.85. The van der Waals surface area contributed by atoms with Crippen molar-refractivity contribution in [2.24, 2.45) is 0 Å². The lowest BCUT2D eigenvalue weighted by molar-refractivity contribution is -0.149. The molecule has 6 rings (SSSR count). The molecule has 0 aromatic heterocycles. The van der Waals surface area contributed by atoms with E-state index in [0.717, 1.165) is 23.0 Å². The second-order valence-corrected chi connectivity index (χ2v) is 13.0. The normalized spacial score (nSPS) is 18.5. The molecule has 2 saturated heterocycles. The Morgan fingerprint density at radius 2 is 1.14 bits per heavy atom. The molecular formula is C45H42O12. The molecule has 4 atom stereocenters. The lowest BCUT2D eigenvalue weighted by Gasteiger charge is -2.16. The first-order chi connectivity index (χ1) is 27.8. The van der Waals surface area contributed by atoms with Crippen LogP contribution < -0.4 is 14.2 Å². The number of unbranched alkanes of at least 4 members (excludes halogenated alkanes) is 1. The van der Waals surface area contributed by atoms with Gasteiger partial charge in [-0.3, -0.25) is 0 Å². The van der Waals surface area contributed by atoms with Gasteiger partial charge in [-0.15, -0.1) is 0 Å². The maximum atomic E-state index is 12.7. The monoisotopic (exact) mass is 774 g/mol. The first-order valence-corrected chi connectivity index (χ1v) is 18.4. The summed E-state index contributed by atoms with van der Waals surface area (Å²) >= 11 is 0. The summed E-state index contributed by atoms with van der Waals surface area (Å²) in [4.78, 5) is 49.0. The first-order valence-electron chi connectivity index (χ1n) is 18.4. The van der Waals surface area contributed by atoms with Crippen molar-refractivity contribution in [3.05, 3.63) is 150 Å². The number of esters is 4. The van der Waals surface area contributed by atoms with Crippen LogP contribution in [0.15, 0.2) is 128 Å². The maximum absolute atomic E-state index is 12.7. The van der Waals surface area contributed by atoms with Crippen LogP contribution in [0.2, 0.25) is 0 Å². The van der Waals surface area contributed by atoms with Crippen molar-refractivity contribution in [1.82, 2.24) is 0 Å². The van der Waals surface area contributed by atoms with Crippen molar-refractivity contribution < 1.29 is 57.1 Å². The molecule has 12 heteroatoms. The Morgan fingerprint density at radius 3 is 1.72 bits per heavy atom. The predicted octanol–water partition coefficient (Wildman–Crippen LogP) is 6.72. The van der Waals surface area contributed by atoms with Gasteiger partial charge in [0.25, 0.3) is 0 Å². The minimum Gasteiger partial charge on any atom is -0.494 e. The van der Waals surface area contributed by atoms with Gasteiger partial charge in [0.05, 0.1) is 32.0 Å². The highest BCUT2D eigenvalue weighted by Crippen LogP contribution is 2.31. The molecule has 0 amide bonds. The van der Waals surface area contributed by atoms with Crippen LogP contribution >= 0.6 is 0 Å². The highest BCUT2D eigenvalue weighted by Gasteiger charge is 2.51. The Kier molecular flexibility index (Phi) is 14.4. The van der Waals surface area contributed by atoms with Crippen molar-refractivity contribution in [1.29, 1.82) is 0 Å². The average molecular weight is 775 g/mol. The number of hydrogen-bond acceptors (Lipinski definition) is 12. The van der Waals surface area contributed by atoms with E-state index in [1.165, 1.54) is 12.2 Å². The van der Waals surface area contributed by atoms with Gasteiger partial charge in [0.1, 0.15) is 36.1 Å². The van der Waals surface area contributed by atoms with Gasteiger partial charge >= 0.3 is 23.9 Å². The van der Waals surface area contributed by atoms with E-state index in [1.807, 2.05) is 54.6 Å². The van der Waals surface area contributed by atoms with Gasteiger partial charge in [-0.25, -0.2) is 19.2 Å². The van der Waals surface area contributed by atoms with Gasteiger partial charge in [0.15, 0.2) is 12.2 Å². The smallest absolute Gasteiger partial charge is 0.343 e. The number of hydrogen-bond donors (Lipinski definition) is 0. The van der Waals surface area contributed by atoms with Gasteiger partial charge in [-0.05, 0) is 90.2 Å². The minimum atomic E-state index is -0.669. The summed E-state index contributed by atoms with van der Waals surface area (Å²) in [6, 6.07) is 30.4. The summed E-state index contributed by atoms with van der Waals surface area (Å²) in [6.45, 7) is 4.75. The summed E-state index contributed by atoms with van der Waals surface area (Å²) in [5.74, 6) is -0.486. The molecule has 2 unspecified atom stereocenters. The molecule has 2 aliphatic rings. The Labute approximate surface area is 330 Å². The zero-order valence-corrected chi connectivity index (χ0v) is 31.1. The number of rotatable bonds is 18. The van der Waals surface area contributed by atoms with Crippen LogP contribution in [0.1, 0.15) is 39.9 Å². The van der Waals surface area contributed by atoms with E-state index in [0.29, 0.717) is 55.3 Å². The molecule has 0 radical (unpaired) electrons. The predicted molar refractivity (Wildman–Crippen MR) is 208 cm³/mol. The highest BCUT2D eigenvalue weighted by molar-refractivity contribution is 5.91. The van der Waals surface area contributed by atoms with Crippen molar-refractivity contribution in [2.75, 3.05) is 26.4 Å². The number of benzene rings is 4. The lowest BCUT2D eigenvalue weighted by Crippen LogP contribution is -2.35. The molecule has 0 aliphatic carbocycles. The summed E-state index contributed by atoms with van der Waals surface area (Å²) in [5.41, 5.74) is 2.90. The summed E-state index contributed by atoms with van der Waals surface area (Å²) in [5, 5.41) is 0. The fourth-order valence-corrected chi connectivity index (χ4v) is 5.88. The van der Waals surface area contributed by atoms with Crippen molar-refractivity contribution in [3.8, 4) is 17.2 Å². The molecule has 2 aliphatic heterocycles. The second-order valence-electron chi connectivity index (χ2n) is 13.0. The Bertz CT molecular complexity index is 2020. The number of carbonyl (C=O) groups excluding carboxylic acids is 4. The van der Waals surface area contributed by atoms with Gasteiger partial charge in [0.2, 0.25) is 0 Å². The molecule has 0 spiro atoms. The molecule has 0 bridgehead atoms. The molecule has 4 aromatic rings. The van der Waals surface area contributed by atoms with E-state index in [-0.39, 0.29) is 13.2 Å². The largest absolute Gasteiger partial charge is 0.494 e. The van der Waals surface area contributed by atoms with E-state index in [9.17, 15) is 19.2 Å². The fraction of sp³-hybridized carbons (Fsp3) is 0.244. The molecule has 0 N–H and O–H groups in total. The molecule has 2 heterocycles. The number of carbonyl (C=O) groups is 4. The Balaban J connectivity index is 0.882.